The maximum absolute atomic E-state index is 11.0. The first-order chi connectivity index (χ1) is 5.79. The van der Waals surface area contributed by atoms with Gasteiger partial charge in [-0.25, -0.2) is 9.78 Å². The van der Waals surface area contributed by atoms with Crippen LogP contribution in [0.5, 0.6) is 0 Å². The number of aromatic nitrogens is 1. The van der Waals surface area contributed by atoms with Crippen LogP contribution in [0.1, 0.15) is 23.2 Å². The molecule has 0 bridgehead atoms. The Labute approximate surface area is 68.6 Å². The van der Waals surface area contributed by atoms with E-state index in [2.05, 4.69) is 14.1 Å². The van der Waals surface area contributed by atoms with E-state index >= 15 is 0 Å². The third-order valence-electron chi connectivity index (χ3n) is 1.14. The number of nitrogens with zero attached hydrogens (tertiary/aromatic N) is 2. The average Bonchev–Trinajstić information content (AvgIpc) is 2.51. The molecule has 0 amide bonds. The molecule has 1 aromatic rings. The second-order valence-corrected chi connectivity index (χ2v) is 1.86. The second-order valence-electron chi connectivity index (χ2n) is 1.86. The second kappa shape index (κ2) is 3.53. The first-order valence-electron chi connectivity index (χ1n) is 3.30. The molecular weight excluding hydrogens is 160 g/mol. The Morgan fingerprint density at radius 3 is 3.25 bits per heavy atom. The van der Waals surface area contributed by atoms with E-state index in [4.69, 9.17) is 5.26 Å². The van der Waals surface area contributed by atoms with Crippen molar-refractivity contribution in [2.45, 2.75) is 6.92 Å². The van der Waals surface area contributed by atoms with Crippen molar-refractivity contribution in [3.8, 4) is 6.07 Å². The molecule has 0 aromatic carbocycles. The Bertz CT molecular complexity index is 324. The van der Waals surface area contributed by atoms with E-state index in [1.807, 2.05) is 0 Å². The van der Waals surface area contributed by atoms with E-state index in [1.165, 1.54) is 0 Å². The average molecular weight is 166 g/mol. The maximum Gasteiger partial charge on any atom is 0.361 e. The number of ether oxygens (including phenoxy) is 1. The zero-order valence-electron chi connectivity index (χ0n) is 6.40. The third-order valence-corrected chi connectivity index (χ3v) is 1.14. The fraction of sp³-hybridized carbons (Fsp3) is 0.286. The molecule has 5 nitrogen and oxygen atoms in total. The zero-order chi connectivity index (χ0) is 8.97. The molecule has 1 heterocycles. The van der Waals surface area contributed by atoms with Gasteiger partial charge in [0.25, 0.3) is 0 Å². The van der Waals surface area contributed by atoms with E-state index in [9.17, 15) is 4.79 Å². The summed E-state index contributed by atoms with van der Waals surface area (Å²) in [7, 11) is 0. The highest BCUT2D eigenvalue weighted by Gasteiger charge is 2.16. The lowest BCUT2D eigenvalue weighted by atomic mass is 10.4. The van der Waals surface area contributed by atoms with Gasteiger partial charge in [-0.15, -0.1) is 0 Å². The summed E-state index contributed by atoms with van der Waals surface area (Å²) in [5.41, 5.74) is -0.0700. The maximum atomic E-state index is 11.0. The summed E-state index contributed by atoms with van der Waals surface area (Å²) in [6.07, 6.45) is 1.03. The van der Waals surface area contributed by atoms with Gasteiger partial charge in [0, 0.05) is 0 Å². The van der Waals surface area contributed by atoms with Crippen LogP contribution >= 0.6 is 0 Å². The van der Waals surface area contributed by atoms with Gasteiger partial charge in [0.15, 0.2) is 6.39 Å². The number of carbonyl (C=O) groups is 1. The van der Waals surface area contributed by atoms with Gasteiger partial charge < -0.3 is 9.15 Å². The van der Waals surface area contributed by atoms with Crippen molar-refractivity contribution in [3.05, 3.63) is 17.8 Å². The van der Waals surface area contributed by atoms with Gasteiger partial charge in [0.2, 0.25) is 11.5 Å². The van der Waals surface area contributed by atoms with Crippen LogP contribution in [-0.4, -0.2) is 17.6 Å². The number of hydrogen-bond donors (Lipinski definition) is 0. The van der Waals surface area contributed by atoms with Gasteiger partial charge in [-0.1, -0.05) is 0 Å². The number of nitriles is 1. The van der Waals surface area contributed by atoms with Crippen molar-refractivity contribution in [2.75, 3.05) is 6.61 Å². The highest BCUT2D eigenvalue weighted by molar-refractivity contribution is 5.89. The van der Waals surface area contributed by atoms with E-state index in [0.29, 0.717) is 0 Å². The fourth-order valence-electron chi connectivity index (χ4n) is 0.670. The summed E-state index contributed by atoms with van der Waals surface area (Å²) in [6, 6.07) is 1.68. The summed E-state index contributed by atoms with van der Waals surface area (Å²) in [5.74, 6) is -0.753. The molecule has 0 radical (unpaired) electrons. The topological polar surface area (TPSA) is 76.1 Å². The summed E-state index contributed by atoms with van der Waals surface area (Å²) < 4.78 is 9.22. The van der Waals surface area contributed by atoms with E-state index < -0.39 is 5.97 Å². The highest BCUT2D eigenvalue weighted by Crippen LogP contribution is 2.05. The van der Waals surface area contributed by atoms with Gasteiger partial charge >= 0.3 is 5.97 Å². The molecule has 0 aliphatic rings. The molecular formula is C7H6N2O3. The molecule has 0 aliphatic carbocycles. The molecule has 62 valence electrons. The van der Waals surface area contributed by atoms with Crippen LogP contribution in [-0.2, 0) is 4.74 Å². The largest absolute Gasteiger partial charge is 0.461 e. The number of carbonyl (C=O) groups excluding carboxylic acids is 1. The monoisotopic (exact) mass is 166 g/mol. The molecule has 0 fully saturated rings. The first-order valence-corrected chi connectivity index (χ1v) is 3.30. The van der Waals surface area contributed by atoms with Crippen LogP contribution in [0.4, 0.5) is 0 Å². The van der Waals surface area contributed by atoms with E-state index in [0.717, 1.165) is 6.39 Å². The SMILES string of the molecule is CCOC(=O)c1ncoc1C#N. The minimum absolute atomic E-state index is 0.0700. The zero-order valence-corrected chi connectivity index (χ0v) is 6.40. The Hall–Kier alpha value is -1.83. The van der Waals surface area contributed by atoms with Crippen molar-refractivity contribution >= 4 is 5.97 Å². The van der Waals surface area contributed by atoms with Crippen LogP contribution in [0.25, 0.3) is 0 Å². The number of oxazole rings is 1. The molecule has 0 atom stereocenters. The quantitative estimate of drug-likeness (QED) is 0.605. The molecule has 12 heavy (non-hydrogen) atoms. The Morgan fingerprint density at radius 2 is 2.67 bits per heavy atom. The summed E-state index contributed by atoms with van der Waals surface area (Å²) in [5, 5.41) is 8.43. The standard InChI is InChI=1S/C7H6N2O3/c1-2-11-7(10)6-5(3-8)12-4-9-6/h4H,2H2,1H3. The van der Waals surface area contributed by atoms with Crippen LogP contribution in [0.2, 0.25) is 0 Å². The minimum Gasteiger partial charge on any atom is -0.461 e. The Kier molecular flexibility index (Phi) is 2.43. The van der Waals surface area contributed by atoms with Crippen LogP contribution < -0.4 is 0 Å². The van der Waals surface area contributed by atoms with Crippen molar-refractivity contribution in [1.29, 1.82) is 5.26 Å². The molecule has 0 spiro atoms. The summed E-state index contributed by atoms with van der Waals surface area (Å²) in [4.78, 5) is 14.5. The predicted molar refractivity (Wildman–Crippen MR) is 37.2 cm³/mol. The Morgan fingerprint density at radius 1 is 1.92 bits per heavy atom. The lowest BCUT2D eigenvalue weighted by Gasteiger charge is -1.95. The number of hydrogen-bond acceptors (Lipinski definition) is 5. The predicted octanol–water partition coefficient (Wildman–Crippen LogP) is 0.723. The smallest absolute Gasteiger partial charge is 0.361 e. The molecule has 0 saturated heterocycles. The van der Waals surface area contributed by atoms with E-state index in [-0.39, 0.29) is 18.1 Å². The molecule has 0 N–H and O–H groups in total. The minimum atomic E-state index is -0.636. The molecule has 5 heteroatoms. The lowest BCUT2D eigenvalue weighted by Crippen LogP contribution is -2.06. The van der Waals surface area contributed by atoms with Gasteiger partial charge in [-0.05, 0) is 6.92 Å². The number of esters is 1. The molecule has 0 aliphatic heterocycles. The van der Waals surface area contributed by atoms with Gasteiger partial charge in [-0.2, -0.15) is 5.26 Å². The van der Waals surface area contributed by atoms with Crippen molar-refractivity contribution < 1.29 is 13.9 Å². The van der Waals surface area contributed by atoms with Gasteiger partial charge in [0.1, 0.15) is 6.07 Å². The highest BCUT2D eigenvalue weighted by atomic mass is 16.5. The molecule has 0 unspecified atom stereocenters. The van der Waals surface area contributed by atoms with Crippen LogP contribution in [0.15, 0.2) is 10.8 Å². The van der Waals surface area contributed by atoms with Crippen LogP contribution in [0.3, 0.4) is 0 Å². The third kappa shape index (κ3) is 1.42. The summed E-state index contributed by atoms with van der Waals surface area (Å²) in [6.45, 7) is 1.92. The number of rotatable bonds is 2. The van der Waals surface area contributed by atoms with Crippen molar-refractivity contribution in [3.63, 3.8) is 0 Å². The van der Waals surface area contributed by atoms with Gasteiger partial charge in [0.05, 0.1) is 6.61 Å². The lowest BCUT2D eigenvalue weighted by molar-refractivity contribution is 0.0519. The molecule has 1 aromatic heterocycles. The fourth-order valence-corrected chi connectivity index (χ4v) is 0.670. The molecule has 0 saturated carbocycles. The van der Waals surface area contributed by atoms with Crippen molar-refractivity contribution in [1.82, 2.24) is 4.98 Å². The normalized spacial score (nSPS) is 9.00. The van der Waals surface area contributed by atoms with Gasteiger partial charge in [-0.3, -0.25) is 0 Å². The van der Waals surface area contributed by atoms with E-state index in [1.54, 1.807) is 13.0 Å². The summed E-state index contributed by atoms with van der Waals surface area (Å²) >= 11 is 0. The van der Waals surface area contributed by atoms with Crippen LogP contribution in [0, 0.1) is 11.3 Å². The molecule has 1 rings (SSSR count). The van der Waals surface area contributed by atoms with Crippen molar-refractivity contribution in [2.24, 2.45) is 0 Å². The Balaban J connectivity index is 2.88. The first kappa shape index (κ1) is 8.27.